The molecule has 9 rings (SSSR count). The second kappa shape index (κ2) is 13.6. The van der Waals surface area contributed by atoms with Crippen LogP contribution in [-0.4, -0.2) is 15.6 Å². The highest BCUT2D eigenvalue weighted by Crippen LogP contribution is 2.42. The first-order valence-corrected chi connectivity index (χ1v) is 18.7. The van der Waals surface area contributed by atoms with Gasteiger partial charge in [0.2, 0.25) is 11.4 Å². The van der Waals surface area contributed by atoms with Crippen LogP contribution in [0.3, 0.4) is 0 Å². The summed E-state index contributed by atoms with van der Waals surface area (Å²) in [5, 5.41) is 2.21. The van der Waals surface area contributed by atoms with E-state index in [1.54, 1.807) is 0 Å². The minimum absolute atomic E-state index is 0.0507. The predicted octanol–water partition coefficient (Wildman–Crippen LogP) is 13.2. The first kappa shape index (κ1) is 33.8. The molecule has 0 atom stereocenters. The maximum atomic E-state index is 14.4. The summed E-state index contributed by atoms with van der Waals surface area (Å²) in [4.78, 5) is 4.83. The summed E-state index contributed by atoms with van der Waals surface area (Å²) in [6.07, 6.45) is 1.87. The van der Waals surface area contributed by atoms with Crippen molar-refractivity contribution in [3.05, 3.63) is 168 Å². The number of pyridine rings is 1. The zero-order valence-electron chi connectivity index (χ0n) is 32.8. The fraction of sp³-hybridized carbons (Fsp3) is 0.143. The largest absolute Gasteiger partial charge is 0.503 e. The number of fused-ring (bicyclic) bond motifs is 4. The minimum Gasteiger partial charge on any atom is -0.457 e. The lowest BCUT2D eigenvalue weighted by atomic mass is 9.88. The molecule has 0 N–H and O–H groups in total. The summed E-state index contributed by atoms with van der Waals surface area (Å²) < 4.78 is 50.7. The summed E-state index contributed by atoms with van der Waals surface area (Å²) in [5.41, 5.74) is 8.11. The van der Waals surface area contributed by atoms with Crippen molar-refractivity contribution in [1.29, 1.82) is 0 Å². The van der Waals surface area contributed by atoms with E-state index >= 15 is 0 Å². The number of benzene rings is 6. The van der Waals surface area contributed by atoms with Gasteiger partial charge in [0.15, 0.2) is 0 Å². The number of hydrogen-bond donors (Lipinski definition) is 0. The molecule has 56 heavy (non-hydrogen) atoms. The SMILES string of the molecule is [2H]C(C)(C)c1cc(Oc2ccc3c4ccccc4n(-c4cc(C(C)(C)C)ccn4)c3c2)cc([N+]2=C=[N+](c3ccccc3-c3cc(F)cc(F)c3)c3ccccc32)c1. The van der Waals surface area contributed by atoms with Gasteiger partial charge in [-0.15, -0.1) is 0 Å². The van der Waals surface area contributed by atoms with Crippen molar-refractivity contribution in [1.82, 2.24) is 18.7 Å². The molecule has 0 bridgehead atoms. The highest BCUT2D eigenvalue weighted by molar-refractivity contribution is 6.09. The summed E-state index contributed by atoms with van der Waals surface area (Å²) >= 11 is 0. The Morgan fingerprint density at radius 3 is 2.11 bits per heavy atom. The normalized spacial score (nSPS) is 13.1. The second-order valence-corrected chi connectivity index (χ2v) is 15.4. The van der Waals surface area contributed by atoms with Crippen LogP contribution in [0.15, 0.2) is 146 Å². The lowest BCUT2D eigenvalue weighted by Gasteiger charge is -2.20. The van der Waals surface area contributed by atoms with Crippen molar-refractivity contribution in [2.24, 2.45) is 0 Å². The Balaban J connectivity index is 1.19. The average molecular weight is 740 g/mol. The maximum absolute atomic E-state index is 14.4. The van der Waals surface area contributed by atoms with Crippen molar-refractivity contribution in [2.45, 2.75) is 45.9 Å². The number of hydrogen-bond acceptors (Lipinski definition) is 2. The molecule has 274 valence electrons. The average Bonchev–Trinajstić information content (AvgIpc) is 3.73. The first-order chi connectivity index (χ1) is 27.3. The molecule has 1 aliphatic heterocycles. The minimum atomic E-state index is -0.957. The van der Waals surface area contributed by atoms with E-state index in [2.05, 4.69) is 73.8 Å². The standard InChI is InChI=1S/C49H40F2N4O/c1-31(2)32-24-37(53-30-54(46-17-11-10-16-45(46)53)43-14-8-6-12-40(43)33-22-35(50)27-36(51)23-33)28-39(25-32)56-38-18-19-42-41-13-7-9-15-44(41)55(47(42)29-38)48-26-34(20-21-52-48)49(3,4)5/h6-29,31H,1-5H3/q+2/i31D. The lowest BCUT2D eigenvalue weighted by molar-refractivity contribution is 0.482. The Kier molecular flexibility index (Phi) is 8.19. The molecule has 0 unspecified atom stereocenters. The van der Waals surface area contributed by atoms with Gasteiger partial charge in [-0.05, 0) is 91.7 Å². The van der Waals surface area contributed by atoms with Crippen LogP contribution in [0.5, 0.6) is 11.5 Å². The van der Waals surface area contributed by atoms with Gasteiger partial charge < -0.3 is 4.74 Å². The Labute approximate surface area is 326 Å². The second-order valence-electron chi connectivity index (χ2n) is 15.4. The van der Waals surface area contributed by atoms with E-state index in [9.17, 15) is 8.78 Å². The summed E-state index contributed by atoms with van der Waals surface area (Å²) in [7, 11) is 0. The van der Waals surface area contributed by atoms with E-state index in [1.807, 2.05) is 108 Å². The van der Waals surface area contributed by atoms with Crippen molar-refractivity contribution in [3.8, 4) is 28.4 Å². The molecule has 0 saturated heterocycles. The van der Waals surface area contributed by atoms with Crippen LogP contribution in [0.1, 0.15) is 53.0 Å². The van der Waals surface area contributed by atoms with Gasteiger partial charge in [0.05, 0.1) is 22.7 Å². The van der Waals surface area contributed by atoms with Crippen molar-refractivity contribution in [3.63, 3.8) is 0 Å². The summed E-state index contributed by atoms with van der Waals surface area (Å²) in [5.74, 6) is -0.223. The highest BCUT2D eigenvalue weighted by Gasteiger charge is 2.38. The Morgan fingerprint density at radius 1 is 0.679 bits per heavy atom. The number of aromatic nitrogens is 2. The molecule has 0 radical (unpaired) electrons. The smallest absolute Gasteiger partial charge is 0.457 e. The van der Waals surface area contributed by atoms with Gasteiger partial charge in [-0.2, -0.15) is 0 Å². The highest BCUT2D eigenvalue weighted by atomic mass is 19.1. The molecule has 7 heteroatoms. The molecular formula is C49H40F2N4O+2. The number of para-hydroxylation sites is 4. The van der Waals surface area contributed by atoms with Crippen LogP contribution in [-0.2, 0) is 5.41 Å². The van der Waals surface area contributed by atoms with Gasteiger partial charge in [0.25, 0.3) is 11.4 Å². The zero-order valence-corrected chi connectivity index (χ0v) is 31.8. The molecule has 1 aliphatic rings. The number of halogens is 2. The summed E-state index contributed by atoms with van der Waals surface area (Å²) in [6.45, 7) is 10.3. The van der Waals surface area contributed by atoms with E-state index in [4.69, 9.17) is 11.1 Å². The van der Waals surface area contributed by atoms with E-state index in [1.165, 1.54) is 17.7 Å². The number of nitrogens with zero attached hydrogens (tertiary/aromatic N) is 4. The van der Waals surface area contributed by atoms with Gasteiger partial charge in [-0.3, -0.25) is 4.57 Å². The number of ether oxygens (including phenoxy) is 1. The molecule has 6 aromatic carbocycles. The molecule has 0 amide bonds. The molecule has 0 aliphatic carbocycles. The third-order valence-corrected chi connectivity index (χ3v) is 10.3. The first-order valence-electron chi connectivity index (χ1n) is 19.2. The molecule has 0 spiro atoms. The molecule has 0 saturated carbocycles. The Bertz CT molecular complexity index is 2960. The van der Waals surface area contributed by atoms with Crippen molar-refractivity contribution >= 4 is 50.6 Å². The molecule has 0 fully saturated rings. The van der Waals surface area contributed by atoms with Crippen molar-refractivity contribution in [2.75, 3.05) is 0 Å². The van der Waals surface area contributed by atoms with Gasteiger partial charge in [-0.25, -0.2) is 13.8 Å². The van der Waals surface area contributed by atoms with Crippen LogP contribution in [0, 0.1) is 11.6 Å². The van der Waals surface area contributed by atoms with E-state index in [0.717, 1.165) is 56.3 Å². The van der Waals surface area contributed by atoms with Crippen LogP contribution < -0.4 is 13.9 Å². The van der Waals surface area contributed by atoms with Gasteiger partial charge in [0.1, 0.15) is 29.0 Å². The van der Waals surface area contributed by atoms with Gasteiger partial charge >= 0.3 is 6.01 Å². The molecule has 5 nitrogen and oxygen atoms in total. The van der Waals surface area contributed by atoms with Crippen LogP contribution in [0.4, 0.5) is 31.5 Å². The molecule has 2 aromatic heterocycles. The van der Waals surface area contributed by atoms with E-state index < -0.39 is 17.5 Å². The Morgan fingerprint density at radius 2 is 1.36 bits per heavy atom. The van der Waals surface area contributed by atoms with Crippen LogP contribution >= 0.6 is 0 Å². The Hall–Kier alpha value is -6.69. The third kappa shape index (κ3) is 6.26. The fourth-order valence-corrected chi connectivity index (χ4v) is 7.52. The summed E-state index contributed by atoms with van der Waals surface area (Å²) in [6, 6.07) is 47.0. The van der Waals surface area contributed by atoms with E-state index in [0.29, 0.717) is 28.3 Å². The third-order valence-electron chi connectivity index (χ3n) is 10.3. The quantitative estimate of drug-likeness (QED) is 0.153. The van der Waals surface area contributed by atoms with Gasteiger partial charge in [0, 0.05) is 54.7 Å². The molecular weight excluding hydrogens is 699 g/mol. The number of rotatable bonds is 7. The van der Waals surface area contributed by atoms with Crippen molar-refractivity contribution < 1.29 is 14.9 Å². The molecule has 3 heterocycles. The predicted molar refractivity (Wildman–Crippen MR) is 224 cm³/mol. The monoisotopic (exact) mass is 739 g/mol. The van der Waals surface area contributed by atoms with Crippen LogP contribution in [0.25, 0.3) is 38.8 Å². The zero-order chi connectivity index (χ0) is 39.6. The topological polar surface area (TPSA) is 33.1 Å². The molecule has 8 aromatic rings. The van der Waals surface area contributed by atoms with E-state index in [-0.39, 0.29) is 5.41 Å². The van der Waals surface area contributed by atoms with Gasteiger partial charge in [-0.1, -0.05) is 77.1 Å². The fourth-order valence-electron chi connectivity index (χ4n) is 7.52. The maximum Gasteiger partial charge on any atom is 0.503 e. The van der Waals surface area contributed by atoms with Crippen LogP contribution in [0.2, 0.25) is 0 Å². The lowest BCUT2D eigenvalue weighted by Crippen LogP contribution is -2.12.